The van der Waals surface area contributed by atoms with Crippen molar-refractivity contribution in [3.8, 4) is 5.75 Å². The second kappa shape index (κ2) is 10.9. The van der Waals surface area contributed by atoms with Crippen LogP contribution in [0.2, 0.25) is 0 Å². The van der Waals surface area contributed by atoms with Crippen molar-refractivity contribution in [3.63, 3.8) is 0 Å². The molecule has 196 valence electrons. The zero-order valence-electron chi connectivity index (χ0n) is 22.1. The van der Waals surface area contributed by atoms with Crippen LogP contribution in [-0.2, 0) is 23.9 Å². The van der Waals surface area contributed by atoms with E-state index in [9.17, 15) is 14.4 Å². The molecule has 1 aliphatic heterocycles. The number of rotatable bonds is 7. The minimum atomic E-state index is -1.07. The Bertz CT molecular complexity index is 1300. The van der Waals surface area contributed by atoms with Gasteiger partial charge in [0.15, 0.2) is 5.78 Å². The molecule has 2 aromatic rings. The third-order valence-electron chi connectivity index (χ3n) is 6.98. The normalized spacial score (nSPS) is 21.4. The Morgan fingerprint density at radius 1 is 1.05 bits per heavy atom. The second-order valence-electron chi connectivity index (χ2n) is 9.22. The molecule has 0 saturated carbocycles. The highest BCUT2D eigenvalue weighted by atomic mass is 32.1. The van der Waals surface area contributed by atoms with Gasteiger partial charge in [-0.2, -0.15) is 0 Å². The maximum atomic E-state index is 14.4. The van der Waals surface area contributed by atoms with Crippen LogP contribution in [-0.4, -0.2) is 38.0 Å². The summed E-state index contributed by atoms with van der Waals surface area (Å²) in [4.78, 5) is 43.0. The number of benzene rings is 1. The average Bonchev–Trinajstić information content (AvgIpc) is 3.20. The number of hydrogen-bond acceptors (Lipinski definition) is 8. The van der Waals surface area contributed by atoms with E-state index in [1.165, 1.54) is 0 Å². The van der Waals surface area contributed by atoms with Gasteiger partial charge in [0.2, 0.25) is 0 Å². The number of para-hydroxylation sites is 1. The SMILES string of the molecule is CCOC(=O)C1=C(C)NC2=C(C(=O)[C@H](C(=O)OCC)[C@@H](c3ccccc3OC)C2)[C@H]1c1cc(C)sc1C. The number of esters is 2. The summed E-state index contributed by atoms with van der Waals surface area (Å²) in [5.41, 5.74) is 3.83. The molecule has 1 N–H and O–H groups in total. The molecule has 2 aliphatic rings. The first kappa shape index (κ1) is 26.7. The Labute approximate surface area is 221 Å². The Balaban J connectivity index is 1.93. The summed E-state index contributed by atoms with van der Waals surface area (Å²) in [5, 5.41) is 3.34. The van der Waals surface area contributed by atoms with E-state index < -0.39 is 29.7 Å². The van der Waals surface area contributed by atoms with Gasteiger partial charge < -0.3 is 19.5 Å². The molecule has 0 unspecified atom stereocenters. The van der Waals surface area contributed by atoms with Crippen molar-refractivity contribution in [2.75, 3.05) is 20.3 Å². The molecule has 0 spiro atoms. The van der Waals surface area contributed by atoms with Crippen LogP contribution in [0.3, 0.4) is 0 Å². The number of ketones is 1. The summed E-state index contributed by atoms with van der Waals surface area (Å²) in [7, 11) is 1.57. The minimum absolute atomic E-state index is 0.158. The van der Waals surface area contributed by atoms with E-state index in [1.807, 2.05) is 51.1 Å². The molecule has 3 atom stereocenters. The van der Waals surface area contributed by atoms with Crippen LogP contribution >= 0.6 is 11.3 Å². The van der Waals surface area contributed by atoms with Crippen molar-refractivity contribution in [2.45, 2.75) is 52.9 Å². The fraction of sp³-hybridized carbons (Fsp3) is 0.414. The predicted molar refractivity (Wildman–Crippen MR) is 142 cm³/mol. The summed E-state index contributed by atoms with van der Waals surface area (Å²) in [6.07, 6.45) is 0.386. The number of Topliss-reactive ketones (excluding diaryl/α,β-unsaturated/α-hetero) is 1. The third kappa shape index (κ3) is 4.82. The number of allylic oxidation sites excluding steroid dienone is 3. The quantitative estimate of drug-likeness (QED) is 0.399. The van der Waals surface area contributed by atoms with Gasteiger partial charge in [0.05, 0.1) is 25.9 Å². The fourth-order valence-corrected chi connectivity index (χ4v) is 6.49. The molecule has 4 rings (SSSR count). The lowest BCUT2D eigenvalue weighted by atomic mass is 9.67. The van der Waals surface area contributed by atoms with Crippen molar-refractivity contribution >= 4 is 29.1 Å². The van der Waals surface area contributed by atoms with Crippen molar-refractivity contribution in [2.24, 2.45) is 5.92 Å². The van der Waals surface area contributed by atoms with Gasteiger partial charge in [-0.05, 0) is 64.3 Å². The fourth-order valence-electron chi connectivity index (χ4n) is 5.53. The first-order valence-electron chi connectivity index (χ1n) is 12.5. The van der Waals surface area contributed by atoms with E-state index in [0.717, 1.165) is 20.9 Å². The summed E-state index contributed by atoms with van der Waals surface area (Å²) >= 11 is 1.61. The van der Waals surface area contributed by atoms with E-state index in [0.29, 0.717) is 34.7 Å². The number of nitrogens with one attached hydrogen (secondary N) is 1. The third-order valence-corrected chi connectivity index (χ3v) is 7.97. The molecular formula is C29H33NO6S. The summed E-state index contributed by atoms with van der Waals surface area (Å²) in [6.45, 7) is 9.67. The van der Waals surface area contributed by atoms with E-state index >= 15 is 0 Å². The minimum Gasteiger partial charge on any atom is -0.496 e. The van der Waals surface area contributed by atoms with Gasteiger partial charge in [-0.1, -0.05) is 18.2 Å². The molecule has 2 heterocycles. The van der Waals surface area contributed by atoms with E-state index in [1.54, 1.807) is 32.3 Å². The van der Waals surface area contributed by atoms with Gasteiger partial charge in [-0.3, -0.25) is 9.59 Å². The van der Waals surface area contributed by atoms with E-state index in [4.69, 9.17) is 14.2 Å². The standard InChI is InChI=1S/C29H33NO6S/c1-7-35-28(32)23-16(4)30-21-14-20(18-11-9-10-12-22(18)34-6)25(29(33)36-8-2)27(31)26(21)24(23)19-13-15(3)37-17(19)5/h9-13,20,24-25,30H,7-8,14H2,1-6H3/t20-,24+,25-/m1/s1. The van der Waals surface area contributed by atoms with Gasteiger partial charge in [0.25, 0.3) is 0 Å². The number of carbonyl (C=O) groups is 3. The topological polar surface area (TPSA) is 90.9 Å². The summed E-state index contributed by atoms with van der Waals surface area (Å²) in [5.74, 6) is -2.97. The molecule has 0 saturated heterocycles. The largest absolute Gasteiger partial charge is 0.496 e. The van der Waals surface area contributed by atoms with Crippen LogP contribution in [0.5, 0.6) is 5.75 Å². The van der Waals surface area contributed by atoms with Crippen molar-refractivity contribution in [1.82, 2.24) is 5.32 Å². The first-order chi connectivity index (χ1) is 17.7. The summed E-state index contributed by atoms with van der Waals surface area (Å²) in [6, 6.07) is 9.45. The molecule has 1 aromatic heterocycles. The Morgan fingerprint density at radius 3 is 2.38 bits per heavy atom. The highest BCUT2D eigenvalue weighted by Crippen LogP contribution is 2.50. The molecule has 0 amide bonds. The van der Waals surface area contributed by atoms with Gasteiger partial charge in [0.1, 0.15) is 11.7 Å². The zero-order chi connectivity index (χ0) is 26.9. The second-order valence-corrected chi connectivity index (χ2v) is 10.7. The number of thiophene rings is 1. The van der Waals surface area contributed by atoms with Crippen LogP contribution in [0.25, 0.3) is 0 Å². The maximum absolute atomic E-state index is 14.4. The lowest BCUT2D eigenvalue weighted by Crippen LogP contribution is -2.43. The Morgan fingerprint density at radius 2 is 1.76 bits per heavy atom. The van der Waals surface area contributed by atoms with Crippen LogP contribution in [0.1, 0.15) is 59.9 Å². The van der Waals surface area contributed by atoms with Gasteiger partial charge in [0, 0.05) is 38.6 Å². The van der Waals surface area contributed by atoms with Crippen molar-refractivity contribution < 1.29 is 28.6 Å². The number of hydrogen-bond donors (Lipinski definition) is 1. The predicted octanol–water partition coefficient (Wildman–Crippen LogP) is 5.09. The van der Waals surface area contributed by atoms with Crippen LogP contribution in [0.4, 0.5) is 0 Å². The number of aryl methyl sites for hydroxylation is 2. The number of dihydropyridines is 1. The molecule has 0 fully saturated rings. The highest BCUT2D eigenvalue weighted by Gasteiger charge is 2.50. The molecule has 37 heavy (non-hydrogen) atoms. The number of methoxy groups -OCH3 is 1. The van der Waals surface area contributed by atoms with E-state index in [2.05, 4.69) is 5.32 Å². The van der Waals surface area contributed by atoms with Crippen molar-refractivity contribution in [1.29, 1.82) is 0 Å². The van der Waals surface area contributed by atoms with E-state index in [-0.39, 0.29) is 19.0 Å². The summed E-state index contributed by atoms with van der Waals surface area (Å²) < 4.78 is 16.4. The monoisotopic (exact) mass is 523 g/mol. The molecule has 1 aromatic carbocycles. The molecular weight excluding hydrogens is 490 g/mol. The molecule has 0 radical (unpaired) electrons. The Kier molecular flexibility index (Phi) is 7.87. The molecule has 0 bridgehead atoms. The van der Waals surface area contributed by atoms with Gasteiger partial charge >= 0.3 is 11.9 Å². The van der Waals surface area contributed by atoms with Crippen LogP contribution < -0.4 is 10.1 Å². The number of carbonyl (C=O) groups excluding carboxylic acids is 3. The lowest BCUT2D eigenvalue weighted by Gasteiger charge is -2.39. The smallest absolute Gasteiger partial charge is 0.336 e. The van der Waals surface area contributed by atoms with Crippen molar-refractivity contribution in [3.05, 3.63) is 73.8 Å². The first-order valence-corrected chi connectivity index (χ1v) is 13.3. The van der Waals surface area contributed by atoms with Gasteiger partial charge in [-0.25, -0.2) is 4.79 Å². The molecule has 8 heteroatoms. The maximum Gasteiger partial charge on any atom is 0.336 e. The van der Waals surface area contributed by atoms with Crippen LogP contribution in [0.15, 0.2) is 52.9 Å². The average molecular weight is 524 g/mol. The Hall–Kier alpha value is -3.39. The van der Waals surface area contributed by atoms with Crippen LogP contribution in [0, 0.1) is 19.8 Å². The number of ether oxygens (including phenoxy) is 3. The lowest BCUT2D eigenvalue weighted by molar-refractivity contribution is -0.152. The zero-order valence-corrected chi connectivity index (χ0v) is 22.9. The highest BCUT2D eigenvalue weighted by molar-refractivity contribution is 7.12. The molecule has 1 aliphatic carbocycles. The molecule has 7 nitrogen and oxygen atoms in total. The van der Waals surface area contributed by atoms with Gasteiger partial charge in [-0.15, -0.1) is 11.3 Å².